The number of nitrogens with one attached hydrogen (secondary N) is 1. The first-order chi connectivity index (χ1) is 7.72. The molecule has 0 atom stereocenters. The Hall–Kier alpha value is -2.11. The van der Waals surface area contributed by atoms with Crippen LogP contribution in [0.15, 0.2) is 24.3 Å². The smallest absolute Gasteiger partial charge is 0.249 e. The van der Waals surface area contributed by atoms with Gasteiger partial charge in [-0.2, -0.15) is 4.68 Å². The van der Waals surface area contributed by atoms with Crippen molar-refractivity contribution in [2.24, 2.45) is 0 Å². The summed E-state index contributed by atoms with van der Waals surface area (Å²) in [4.78, 5) is 1.87. The quantitative estimate of drug-likeness (QED) is 0.824. The molecule has 1 heterocycles. The van der Waals surface area contributed by atoms with Gasteiger partial charge in [-0.1, -0.05) is 5.10 Å². The van der Waals surface area contributed by atoms with Gasteiger partial charge >= 0.3 is 0 Å². The Morgan fingerprint density at radius 2 is 1.88 bits per heavy atom. The summed E-state index contributed by atoms with van der Waals surface area (Å²) in [5.74, 6) is 0.706. The molecule has 84 valence electrons. The van der Waals surface area contributed by atoms with Crippen LogP contribution in [0.5, 0.6) is 0 Å². The second-order valence-corrected chi connectivity index (χ2v) is 3.58. The molecule has 6 heteroatoms. The molecule has 0 saturated carbocycles. The molecule has 0 aliphatic heterocycles. The molecular weight excluding hydrogens is 204 g/mol. The number of hydrogen-bond acceptors (Lipinski definition) is 5. The molecule has 16 heavy (non-hydrogen) atoms. The fraction of sp³-hybridized carbons (Fsp3) is 0.300. The molecule has 0 bridgehead atoms. The molecule has 0 unspecified atom stereocenters. The summed E-state index contributed by atoms with van der Waals surface area (Å²) in [6.45, 7) is 0. The molecule has 2 rings (SSSR count). The monoisotopic (exact) mass is 218 g/mol. The number of tetrazole rings is 1. The molecular formula is C10H14N6. The maximum Gasteiger partial charge on any atom is 0.249 e. The van der Waals surface area contributed by atoms with Crippen molar-refractivity contribution < 1.29 is 0 Å². The van der Waals surface area contributed by atoms with E-state index in [4.69, 9.17) is 0 Å². The lowest BCUT2D eigenvalue weighted by atomic mass is 10.3. The average Bonchev–Trinajstić information content (AvgIpc) is 2.78. The molecule has 0 saturated heterocycles. The summed E-state index contributed by atoms with van der Waals surface area (Å²) < 4.78 is 1.69. The van der Waals surface area contributed by atoms with E-state index in [-0.39, 0.29) is 0 Å². The van der Waals surface area contributed by atoms with Crippen LogP contribution in [0, 0.1) is 0 Å². The normalized spacial score (nSPS) is 10.2. The first-order valence-electron chi connectivity index (χ1n) is 4.96. The zero-order valence-electron chi connectivity index (χ0n) is 9.55. The molecule has 0 fully saturated rings. The highest BCUT2D eigenvalue weighted by atomic mass is 15.6. The first kappa shape index (κ1) is 10.4. The highest BCUT2D eigenvalue weighted by molar-refractivity contribution is 5.49. The largest absolute Gasteiger partial charge is 0.388 e. The van der Waals surface area contributed by atoms with Crippen LogP contribution >= 0.6 is 0 Å². The Kier molecular flexibility index (Phi) is 2.72. The van der Waals surface area contributed by atoms with E-state index in [9.17, 15) is 0 Å². The lowest BCUT2D eigenvalue weighted by Crippen LogP contribution is -2.15. The number of hydrogen-bond donors (Lipinski definition) is 1. The van der Waals surface area contributed by atoms with Crippen LogP contribution in [0.2, 0.25) is 0 Å². The van der Waals surface area contributed by atoms with E-state index in [2.05, 4.69) is 20.8 Å². The Labute approximate surface area is 93.9 Å². The van der Waals surface area contributed by atoms with Crippen LogP contribution in [0.4, 0.5) is 11.6 Å². The van der Waals surface area contributed by atoms with E-state index >= 15 is 0 Å². The highest BCUT2D eigenvalue weighted by Gasteiger charge is 2.09. The number of nitrogens with zero attached hydrogens (tertiary/aromatic N) is 5. The van der Waals surface area contributed by atoms with Crippen LogP contribution in [0.3, 0.4) is 0 Å². The van der Waals surface area contributed by atoms with Crippen LogP contribution in [0.1, 0.15) is 0 Å². The highest BCUT2D eigenvalue weighted by Crippen LogP contribution is 2.15. The molecule has 2 aromatic rings. The van der Waals surface area contributed by atoms with Crippen molar-refractivity contribution in [3.8, 4) is 5.69 Å². The van der Waals surface area contributed by atoms with Gasteiger partial charge in [0.25, 0.3) is 0 Å². The summed E-state index contributed by atoms with van der Waals surface area (Å²) in [6, 6.07) is 7.90. The van der Waals surface area contributed by atoms with Gasteiger partial charge in [0, 0.05) is 26.8 Å². The van der Waals surface area contributed by atoms with Crippen LogP contribution < -0.4 is 10.2 Å². The summed E-state index contributed by atoms with van der Waals surface area (Å²) in [5, 5.41) is 14.6. The zero-order valence-corrected chi connectivity index (χ0v) is 9.55. The Morgan fingerprint density at radius 1 is 1.19 bits per heavy atom. The first-order valence-corrected chi connectivity index (χ1v) is 4.96. The van der Waals surface area contributed by atoms with Gasteiger partial charge in [0.05, 0.1) is 5.69 Å². The molecule has 1 aromatic carbocycles. The van der Waals surface area contributed by atoms with Gasteiger partial charge in [0.2, 0.25) is 5.95 Å². The maximum absolute atomic E-state index is 3.96. The second-order valence-electron chi connectivity index (χ2n) is 3.58. The molecule has 6 nitrogen and oxygen atoms in total. The standard InChI is InChI=1S/C10H14N6/c1-11-8-4-6-9(7-5-8)16-10(15(2)3)12-13-14-16/h4-7,11H,1-3H3. The molecule has 0 amide bonds. The van der Waals surface area contributed by atoms with Crippen LogP contribution in [-0.2, 0) is 0 Å². The van der Waals surface area contributed by atoms with Gasteiger partial charge in [-0.05, 0) is 34.7 Å². The topological polar surface area (TPSA) is 58.9 Å². The van der Waals surface area contributed by atoms with Gasteiger partial charge in [0.1, 0.15) is 0 Å². The summed E-state index contributed by atoms with van der Waals surface area (Å²) in [5.41, 5.74) is 2.00. The van der Waals surface area contributed by atoms with Gasteiger partial charge < -0.3 is 10.2 Å². The van der Waals surface area contributed by atoms with Gasteiger partial charge in [0.15, 0.2) is 0 Å². The lowest BCUT2D eigenvalue weighted by Gasteiger charge is -2.11. The van der Waals surface area contributed by atoms with Crippen molar-refractivity contribution >= 4 is 11.6 Å². The average molecular weight is 218 g/mol. The second kappa shape index (κ2) is 4.18. The van der Waals surface area contributed by atoms with Gasteiger partial charge in [-0.25, -0.2) is 0 Å². The third-order valence-electron chi connectivity index (χ3n) is 2.25. The molecule has 1 N–H and O–H groups in total. The fourth-order valence-electron chi connectivity index (χ4n) is 1.40. The van der Waals surface area contributed by atoms with E-state index in [0.29, 0.717) is 5.95 Å². The van der Waals surface area contributed by atoms with Crippen molar-refractivity contribution in [2.45, 2.75) is 0 Å². The van der Waals surface area contributed by atoms with Crippen LogP contribution in [-0.4, -0.2) is 41.4 Å². The predicted molar refractivity (Wildman–Crippen MR) is 63.0 cm³/mol. The predicted octanol–water partition coefficient (Wildman–Crippen LogP) is 0.770. The van der Waals surface area contributed by atoms with Gasteiger partial charge in [-0.15, -0.1) is 0 Å². The third-order valence-corrected chi connectivity index (χ3v) is 2.25. The van der Waals surface area contributed by atoms with E-state index in [1.54, 1.807) is 4.68 Å². The van der Waals surface area contributed by atoms with E-state index in [0.717, 1.165) is 11.4 Å². The number of rotatable bonds is 3. The maximum atomic E-state index is 3.96. The molecule has 1 aromatic heterocycles. The van der Waals surface area contributed by atoms with Crippen LogP contribution in [0.25, 0.3) is 5.69 Å². The molecule has 0 radical (unpaired) electrons. The minimum absolute atomic E-state index is 0.706. The molecule has 0 aliphatic carbocycles. The molecule has 0 aliphatic rings. The number of anilines is 2. The Bertz CT molecular complexity index is 458. The zero-order chi connectivity index (χ0) is 11.5. The summed E-state index contributed by atoms with van der Waals surface area (Å²) in [7, 11) is 5.70. The SMILES string of the molecule is CNc1ccc(-n2nnnc2N(C)C)cc1. The minimum atomic E-state index is 0.706. The lowest BCUT2D eigenvalue weighted by molar-refractivity contribution is 0.784. The third kappa shape index (κ3) is 1.81. The number of benzene rings is 1. The summed E-state index contributed by atoms with van der Waals surface area (Å²) in [6.07, 6.45) is 0. The Morgan fingerprint density at radius 3 is 2.44 bits per heavy atom. The Balaban J connectivity index is 2.38. The minimum Gasteiger partial charge on any atom is -0.388 e. The number of aromatic nitrogens is 4. The van der Waals surface area contributed by atoms with E-state index in [1.165, 1.54) is 0 Å². The van der Waals surface area contributed by atoms with Crippen molar-refractivity contribution in [2.75, 3.05) is 31.4 Å². The van der Waals surface area contributed by atoms with Crippen molar-refractivity contribution in [3.05, 3.63) is 24.3 Å². The molecule has 0 spiro atoms. The van der Waals surface area contributed by atoms with Crippen molar-refractivity contribution in [1.29, 1.82) is 0 Å². The summed E-state index contributed by atoms with van der Waals surface area (Å²) >= 11 is 0. The van der Waals surface area contributed by atoms with Gasteiger partial charge in [-0.3, -0.25) is 0 Å². The van der Waals surface area contributed by atoms with E-state index < -0.39 is 0 Å². The fourth-order valence-corrected chi connectivity index (χ4v) is 1.40. The van der Waals surface area contributed by atoms with Crippen molar-refractivity contribution in [1.82, 2.24) is 20.2 Å². The van der Waals surface area contributed by atoms with E-state index in [1.807, 2.05) is 50.3 Å². The van der Waals surface area contributed by atoms with Crippen molar-refractivity contribution in [3.63, 3.8) is 0 Å².